The maximum atomic E-state index is 12.6. The normalized spacial score (nSPS) is 17.7. The lowest BCUT2D eigenvalue weighted by Gasteiger charge is -2.25. The molecule has 2 heterocycles. The average Bonchev–Trinajstić information content (AvgIpc) is 3.19. The van der Waals surface area contributed by atoms with E-state index < -0.39 is 0 Å². The van der Waals surface area contributed by atoms with Crippen LogP contribution in [0.1, 0.15) is 33.6 Å². The molecule has 0 aliphatic carbocycles. The molecule has 21 heavy (non-hydrogen) atoms. The van der Waals surface area contributed by atoms with Gasteiger partial charge in [-0.25, -0.2) is 4.98 Å². The third-order valence-electron chi connectivity index (χ3n) is 3.51. The molecule has 1 unspecified atom stereocenters. The molecular weight excluding hydrogens is 286 g/mol. The molecule has 1 amide bonds. The lowest BCUT2D eigenvalue weighted by Crippen LogP contribution is -2.40. The summed E-state index contributed by atoms with van der Waals surface area (Å²) in [6.07, 6.45) is 4.32. The Bertz CT molecular complexity index is 642. The van der Waals surface area contributed by atoms with Crippen molar-refractivity contribution in [3.63, 3.8) is 0 Å². The maximum Gasteiger partial charge on any atom is 0.255 e. The summed E-state index contributed by atoms with van der Waals surface area (Å²) in [5.74, 6) is -0.0507. The first-order chi connectivity index (χ1) is 10.3. The number of benzene rings is 1. The molecule has 1 aliphatic heterocycles. The van der Waals surface area contributed by atoms with Gasteiger partial charge in [0, 0.05) is 29.2 Å². The molecule has 1 aromatic heterocycles. The molecule has 0 radical (unpaired) electrons. The van der Waals surface area contributed by atoms with Gasteiger partial charge < -0.3 is 10.2 Å². The minimum atomic E-state index is -0.0507. The maximum absolute atomic E-state index is 12.6. The highest BCUT2D eigenvalue weighted by Gasteiger charge is 2.29. The topological polar surface area (TPSA) is 62.3 Å². The number of amides is 1. The van der Waals surface area contributed by atoms with E-state index in [1.165, 1.54) is 11.3 Å². The highest BCUT2D eigenvalue weighted by Crippen LogP contribution is 2.23. The number of likely N-dealkylation sites (tertiary alicyclic amines) is 1. The van der Waals surface area contributed by atoms with Gasteiger partial charge in [-0.15, -0.1) is 11.3 Å². The Morgan fingerprint density at radius 1 is 1.48 bits per heavy atom. The average molecular weight is 301 g/mol. The monoisotopic (exact) mass is 301 g/mol. The lowest BCUT2D eigenvalue weighted by molar-refractivity contribution is 0.0752. The molecule has 0 spiro atoms. The van der Waals surface area contributed by atoms with Crippen molar-refractivity contribution < 1.29 is 9.59 Å². The van der Waals surface area contributed by atoms with Gasteiger partial charge in [0.15, 0.2) is 5.13 Å². The smallest absolute Gasteiger partial charge is 0.255 e. The van der Waals surface area contributed by atoms with Crippen LogP contribution < -0.4 is 5.32 Å². The van der Waals surface area contributed by atoms with Crippen LogP contribution >= 0.6 is 11.3 Å². The number of rotatable bonds is 4. The minimum Gasteiger partial charge on any atom is -0.341 e. The van der Waals surface area contributed by atoms with Crippen molar-refractivity contribution in [2.24, 2.45) is 0 Å². The predicted octanol–water partition coefficient (Wildman–Crippen LogP) is 2.63. The molecule has 1 fully saturated rings. The summed E-state index contributed by atoms with van der Waals surface area (Å²) < 4.78 is 0. The second-order valence-electron chi connectivity index (χ2n) is 4.88. The standard InChI is InChI=1S/C15H15N3O2S/c19-10-11-3-1-4-12(9-11)14(20)18-7-2-5-13(18)17-15-16-6-8-21-15/h1,3-4,6,8-10,13H,2,5,7H2,(H,16,17). The molecule has 108 valence electrons. The zero-order valence-electron chi connectivity index (χ0n) is 11.4. The summed E-state index contributed by atoms with van der Waals surface area (Å²) in [5, 5.41) is 6.01. The summed E-state index contributed by atoms with van der Waals surface area (Å²) in [4.78, 5) is 29.4. The largest absolute Gasteiger partial charge is 0.341 e. The first kappa shape index (κ1) is 13.8. The molecule has 6 heteroatoms. The highest BCUT2D eigenvalue weighted by atomic mass is 32.1. The zero-order chi connectivity index (χ0) is 14.7. The number of aromatic nitrogens is 1. The van der Waals surface area contributed by atoms with Crippen molar-refractivity contribution in [1.29, 1.82) is 0 Å². The van der Waals surface area contributed by atoms with Crippen LogP contribution in [0.25, 0.3) is 0 Å². The SMILES string of the molecule is O=Cc1cccc(C(=O)N2CCCC2Nc2nccs2)c1. The Balaban J connectivity index is 1.77. The van der Waals surface area contributed by atoms with Gasteiger partial charge in [-0.3, -0.25) is 9.59 Å². The van der Waals surface area contributed by atoms with Gasteiger partial charge in [-0.05, 0) is 25.0 Å². The second-order valence-corrected chi connectivity index (χ2v) is 5.78. The molecule has 1 atom stereocenters. The first-order valence-electron chi connectivity index (χ1n) is 6.80. The quantitative estimate of drug-likeness (QED) is 0.882. The van der Waals surface area contributed by atoms with Gasteiger partial charge in [0.25, 0.3) is 5.91 Å². The summed E-state index contributed by atoms with van der Waals surface area (Å²) >= 11 is 1.52. The van der Waals surface area contributed by atoms with Gasteiger partial charge in [-0.2, -0.15) is 0 Å². The molecule has 5 nitrogen and oxygen atoms in total. The fraction of sp³-hybridized carbons (Fsp3) is 0.267. The molecule has 1 N–H and O–H groups in total. The second kappa shape index (κ2) is 6.05. The van der Waals surface area contributed by atoms with E-state index in [0.717, 1.165) is 24.3 Å². The number of thiazole rings is 1. The van der Waals surface area contributed by atoms with Crippen LogP contribution in [0.5, 0.6) is 0 Å². The molecule has 3 rings (SSSR count). The summed E-state index contributed by atoms with van der Waals surface area (Å²) in [5.41, 5.74) is 1.07. The number of carbonyl (C=O) groups excluding carboxylic acids is 2. The number of nitrogens with one attached hydrogen (secondary N) is 1. The minimum absolute atomic E-state index is 0.0384. The van der Waals surface area contributed by atoms with E-state index in [9.17, 15) is 9.59 Å². The summed E-state index contributed by atoms with van der Waals surface area (Å²) in [6, 6.07) is 6.80. The molecule has 1 aliphatic rings. The predicted molar refractivity (Wildman–Crippen MR) is 81.6 cm³/mol. The van der Waals surface area contributed by atoms with E-state index in [1.54, 1.807) is 30.5 Å². The van der Waals surface area contributed by atoms with Crippen LogP contribution in [0, 0.1) is 0 Å². The van der Waals surface area contributed by atoms with E-state index in [4.69, 9.17) is 0 Å². The lowest BCUT2D eigenvalue weighted by atomic mass is 10.1. The molecular formula is C15H15N3O2S. The molecule has 1 aromatic carbocycles. The van der Waals surface area contributed by atoms with Crippen LogP contribution in [-0.2, 0) is 0 Å². The van der Waals surface area contributed by atoms with Crippen LogP contribution in [0.15, 0.2) is 35.8 Å². The van der Waals surface area contributed by atoms with Gasteiger partial charge in [0.1, 0.15) is 12.5 Å². The van der Waals surface area contributed by atoms with Crippen LogP contribution in [0.4, 0.5) is 5.13 Å². The van der Waals surface area contributed by atoms with E-state index >= 15 is 0 Å². The Hall–Kier alpha value is -2.21. The summed E-state index contributed by atoms with van der Waals surface area (Å²) in [6.45, 7) is 0.715. The number of hydrogen-bond acceptors (Lipinski definition) is 5. The Kier molecular flexibility index (Phi) is 3.96. The highest BCUT2D eigenvalue weighted by molar-refractivity contribution is 7.13. The number of anilines is 1. The van der Waals surface area contributed by atoms with Crippen molar-refractivity contribution in [3.8, 4) is 0 Å². The summed E-state index contributed by atoms with van der Waals surface area (Å²) in [7, 11) is 0. The van der Waals surface area contributed by atoms with E-state index in [0.29, 0.717) is 17.7 Å². The molecule has 0 saturated carbocycles. The van der Waals surface area contributed by atoms with Crippen molar-refractivity contribution in [3.05, 3.63) is 47.0 Å². The first-order valence-corrected chi connectivity index (χ1v) is 7.68. The molecule has 2 aromatic rings. The Morgan fingerprint density at radius 2 is 2.38 bits per heavy atom. The number of hydrogen-bond donors (Lipinski definition) is 1. The molecule has 0 bridgehead atoms. The van der Waals surface area contributed by atoms with Gasteiger partial charge >= 0.3 is 0 Å². The number of nitrogens with zero attached hydrogens (tertiary/aromatic N) is 2. The van der Waals surface area contributed by atoms with E-state index in [-0.39, 0.29) is 12.1 Å². The number of aldehydes is 1. The van der Waals surface area contributed by atoms with Gasteiger partial charge in [-0.1, -0.05) is 12.1 Å². The van der Waals surface area contributed by atoms with E-state index in [2.05, 4.69) is 10.3 Å². The van der Waals surface area contributed by atoms with E-state index in [1.807, 2.05) is 10.3 Å². The Morgan fingerprint density at radius 3 is 3.14 bits per heavy atom. The van der Waals surface area contributed by atoms with Crippen LogP contribution in [0.3, 0.4) is 0 Å². The third-order valence-corrected chi connectivity index (χ3v) is 4.21. The van der Waals surface area contributed by atoms with Crippen molar-refractivity contribution in [1.82, 2.24) is 9.88 Å². The fourth-order valence-electron chi connectivity index (χ4n) is 2.51. The van der Waals surface area contributed by atoms with Crippen molar-refractivity contribution in [2.45, 2.75) is 19.0 Å². The van der Waals surface area contributed by atoms with Crippen LogP contribution in [0.2, 0.25) is 0 Å². The van der Waals surface area contributed by atoms with Gasteiger partial charge in [0.05, 0.1) is 0 Å². The zero-order valence-corrected chi connectivity index (χ0v) is 12.2. The van der Waals surface area contributed by atoms with Crippen LogP contribution in [-0.4, -0.2) is 34.8 Å². The fourth-order valence-corrected chi connectivity index (χ4v) is 3.08. The Labute approximate surface area is 126 Å². The molecule has 1 saturated heterocycles. The van der Waals surface area contributed by atoms with Crippen molar-refractivity contribution in [2.75, 3.05) is 11.9 Å². The number of carbonyl (C=O) groups is 2. The van der Waals surface area contributed by atoms with Gasteiger partial charge in [0.2, 0.25) is 0 Å². The third kappa shape index (κ3) is 2.95. The van der Waals surface area contributed by atoms with Crippen molar-refractivity contribution >= 4 is 28.7 Å².